The predicted octanol–water partition coefficient (Wildman–Crippen LogP) is 1.86. The van der Waals surface area contributed by atoms with Crippen molar-refractivity contribution in [2.24, 2.45) is 0 Å². The molecule has 0 atom stereocenters. The molecule has 0 spiro atoms. The minimum Gasteiger partial charge on any atom is -0.429 e. The third-order valence-electron chi connectivity index (χ3n) is 2.49. The zero-order chi connectivity index (χ0) is 11.1. The van der Waals surface area contributed by atoms with E-state index in [0.29, 0.717) is 23.5 Å². The van der Waals surface area contributed by atoms with Gasteiger partial charge in [0.25, 0.3) is 0 Å². The Kier molecular flexibility index (Phi) is 2.38. The molecule has 1 aromatic heterocycles. The zero-order valence-electron chi connectivity index (χ0n) is 7.84. The summed E-state index contributed by atoms with van der Waals surface area (Å²) >= 11 is 0. The van der Waals surface area contributed by atoms with E-state index in [2.05, 4.69) is 0 Å². The standard InChI is InChI=1S/C9H10F3NO2/c10-9(11,12)7-5-13(14)8-2-4-15-3-1-6(7)8/h5,14H,1-4H2. The summed E-state index contributed by atoms with van der Waals surface area (Å²) < 4.78 is 43.3. The molecular formula is C9H10F3NO2. The van der Waals surface area contributed by atoms with Gasteiger partial charge in [-0.05, 0) is 12.0 Å². The summed E-state index contributed by atoms with van der Waals surface area (Å²) in [6.07, 6.45) is -3.18. The highest BCUT2D eigenvalue weighted by Gasteiger charge is 2.37. The summed E-state index contributed by atoms with van der Waals surface area (Å²) in [7, 11) is 0. The first-order valence-corrected chi connectivity index (χ1v) is 4.57. The number of aromatic nitrogens is 1. The van der Waals surface area contributed by atoms with Crippen LogP contribution in [0.4, 0.5) is 13.2 Å². The fourth-order valence-corrected chi connectivity index (χ4v) is 1.81. The maximum atomic E-state index is 12.6. The molecule has 0 bridgehead atoms. The van der Waals surface area contributed by atoms with Crippen LogP contribution in [0.3, 0.4) is 0 Å². The van der Waals surface area contributed by atoms with Gasteiger partial charge in [-0.15, -0.1) is 0 Å². The summed E-state index contributed by atoms with van der Waals surface area (Å²) in [4.78, 5) is 0. The lowest BCUT2D eigenvalue weighted by molar-refractivity contribution is -0.138. The molecule has 0 saturated heterocycles. The Morgan fingerprint density at radius 2 is 1.93 bits per heavy atom. The average molecular weight is 221 g/mol. The molecule has 15 heavy (non-hydrogen) atoms. The van der Waals surface area contributed by atoms with E-state index in [-0.39, 0.29) is 18.6 Å². The molecule has 3 nitrogen and oxygen atoms in total. The van der Waals surface area contributed by atoms with Crippen LogP contribution >= 0.6 is 0 Å². The van der Waals surface area contributed by atoms with Crippen LogP contribution in [0.2, 0.25) is 0 Å². The van der Waals surface area contributed by atoms with Gasteiger partial charge in [-0.3, -0.25) is 0 Å². The van der Waals surface area contributed by atoms with Gasteiger partial charge in [0.1, 0.15) is 0 Å². The maximum Gasteiger partial charge on any atom is 0.418 e. The highest BCUT2D eigenvalue weighted by molar-refractivity contribution is 5.35. The van der Waals surface area contributed by atoms with Gasteiger partial charge in [0.2, 0.25) is 0 Å². The molecule has 0 saturated carbocycles. The normalized spacial score (nSPS) is 17.3. The van der Waals surface area contributed by atoms with Gasteiger partial charge < -0.3 is 9.94 Å². The van der Waals surface area contributed by atoms with Crippen LogP contribution < -0.4 is 0 Å². The molecule has 2 heterocycles. The molecular weight excluding hydrogens is 211 g/mol. The minimum absolute atomic E-state index is 0.155. The van der Waals surface area contributed by atoms with E-state index in [1.54, 1.807) is 0 Å². The summed E-state index contributed by atoms with van der Waals surface area (Å²) in [6, 6.07) is 0. The van der Waals surface area contributed by atoms with E-state index in [1.165, 1.54) is 0 Å². The number of fused-ring (bicyclic) bond motifs is 1. The molecule has 0 radical (unpaired) electrons. The van der Waals surface area contributed by atoms with Crippen molar-refractivity contribution in [3.8, 4) is 0 Å². The number of alkyl halides is 3. The smallest absolute Gasteiger partial charge is 0.418 e. The van der Waals surface area contributed by atoms with E-state index in [9.17, 15) is 18.4 Å². The van der Waals surface area contributed by atoms with E-state index in [0.717, 1.165) is 6.20 Å². The fourth-order valence-electron chi connectivity index (χ4n) is 1.81. The number of rotatable bonds is 0. The lowest BCUT2D eigenvalue weighted by atomic mass is 10.1. The third-order valence-corrected chi connectivity index (χ3v) is 2.49. The van der Waals surface area contributed by atoms with Crippen molar-refractivity contribution in [3.05, 3.63) is 23.0 Å². The SMILES string of the molecule is On1cc(C(F)(F)F)c2c1CCOCC2. The lowest BCUT2D eigenvalue weighted by Crippen LogP contribution is -2.08. The van der Waals surface area contributed by atoms with Crippen molar-refractivity contribution in [3.63, 3.8) is 0 Å². The van der Waals surface area contributed by atoms with Crippen LogP contribution in [0, 0.1) is 0 Å². The first-order chi connectivity index (χ1) is 7.00. The first kappa shape index (κ1) is 10.4. The van der Waals surface area contributed by atoms with Crippen molar-refractivity contribution < 1.29 is 23.1 Å². The Labute approximate surface area is 84.0 Å². The van der Waals surface area contributed by atoms with E-state index >= 15 is 0 Å². The van der Waals surface area contributed by atoms with E-state index in [1.807, 2.05) is 0 Å². The van der Waals surface area contributed by atoms with Gasteiger partial charge in [-0.2, -0.15) is 17.9 Å². The first-order valence-electron chi connectivity index (χ1n) is 4.57. The molecule has 1 aromatic rings. The highest BCUT2D eigenvalue weighted by Crippen LogP contribution is 2.35. The largest absolute Gasteiger partial charge is 0.429 e. The number of nitrogens with zero attached hydrogens (tertiary/aromatic N) is 1. The van der Waals surface area contributed by atoms with Gasteiger partial charge in [0.15, 0.2) is 0 Å². The van der Waals surface area contributed by atoms with Gasteiger partial charge in [0.05, 0.1) is 30.7 Å². The van der Waals surface area contributed by atoms with Gasteiger partial charge in [0, 0.05) is 6.42 Å². The number of hydrogen-bond donors (Lipinski definition) is 1. The molecule has 0 fully saturated rings. The third kappa shape index (κ3) is 1.81. The molecule has 0 aromatic carbocycles. The van der Waals surface area contributed by atoms with Crippen molar-refractivity contribution in [1.29, 1.82) is 0 Å². The predicted molar refractivity (Wildman–Crippen MR) is 44.8 cm³/mol. The average Bonchev–Trinajstić information content (AvgIpc) is 2.37. The maximum absolute atomic E-state index is 12.6. The molecule has 84 valence electrons. The van der Waals surface area contributed by atoms with Crippen molar-refractivity contribution in [1.82, 2.24) is 4.73 Å². The van der Waals surface area contributed by atoms with Crippen LogP contribution in [0.15, 0.2) is 6.20 Å². The van der Waals surface area contributed by atoms with Crippen LogP contribution in [0.25, 0.3) is 0 Å². The second kappa shape index (κ2) is 3.44. The van der Waals surface area contributed by atoms with Crippen molar-refractivity contribution in [2.45, 2.75) is 19.0 Å². The summed E-state index contributed by atoms with van der Waals surface area (Å²) in [6.45, 7) is 0.606. The zero-order valence-corrected chi connectivity index (χ0v) is 7.84. The highest BCUT2D eigenvalue weighted by atomic mass is 19.4. The molecule has 0 aliphatic carbocycles. The number of halogens is 3. The Bertz CT molecular complexity index is 370. The number of ether oxygens (including phenoxy) is 1. The van der Waals surface area contributed by atoms with Crippen LogP contribution in [0.1, 0.15) is 16.8 Å². The summed E-state index contributed by atoms with van der Waals surface area (Å²) in [5.74, 6) is 0. The molecule has 1 N–H and O–H groups in total. The Morgan fingerprint density at radius 3 is 2.60 bits per heavy atom. The van der Waals surface area contributed by atoms with Gasteiger partial charge in [-0.25, -0.2) is 0 Å². The minimum atomic E-state index is -4.41. The second-order valence-electron chi connectivity index (χ2n) is 3.42. The molecule has 1 aliphatic heterocycles. The van der Waals surface area contributed by atoms with E-state index < -0.39 is 11.7 Å². The molecule has 0 unspecified atom stereocenters. The Hall–Kier alpha value is -1.17. The second-order valence-corrected chi connectivity index (χ2v) is 3.42. The van der Waals surface area contributed by atoms with Crippen molar-refractivity contribution >= 4 is 0 Å². The Balaban J connectivity index is 2.49. The van der Waals surface area contributed by atoms with Crippen LogP contribution in [0.5, 0.6) is 0 Å². The van der Waals surface area contributed by atoms with Crippen LogP contribution in [-0.4, -0.2) is 23.2 Å². The van der Waals surface area contributed by atoms with Crippen LogP contribution in [-0.2, 0) is 23.8 Å². The lowest BCUT2D eigenvalue weighted by Gasteiger charge is -2.06. The quantitative estimate of drug-likeness (QED) is 0.678. The van der Waals surface area contributed by atoms with Gasteiger partial charge >= 0.3 is 6.18 Å². The number of hydrogen-bond acceptors (Lipinski definition) is 2. The molecule has 2 rings (SSSR count). The molecule has 1 aliphatic rings. The monoisotopic (exact) mass is 221 g/mol. The summed E-state index contributed by atoms with van der Waals surface area (Å²) in [5.41, 5.74) is -0.298. The van der Waals surface area contributed by atoms with Crippen molar-refractivity contribution in [2.75, 3.05) is 13.2 Å². The Morgan fingerprint density at radius 1 is 1.27 bits per heavy atom. The molecule has 6 heteroatoms. The summed E-state index contributed by atoms with van der Waals surface area (Å²) in [5, 5.41) is 9.33. The van der Waals surface area contributed by atoms with E-state index in [4.69, 9.17) is 4.74 Å². The van der Waals surface area contributed by atoms with Gasteiger partial charge in [-0.1, -0.05) is 0 Å². The topological polar surface area (TPSA) is 34.4 Å². The molecule has 0 amide bonds. The fraction of sp³-hybridized carbons (Fsp3) is 0.556.